The molecule has 0 atom stereocenters. The van der Waals surface area contributed by atoms with E-state index in [-0.39, 0.29) is 18.4 Å². The standard InChI is InChI=1S/C19H27N5O2S/c1-13-6-7-15(22-12-17(25)21-9-5-3-4-8-20)10-16(13)18(26)24-19-23-11-14(2)27-19/h6-7,10-11,22H,3-5,8-9,12,20H2,1-2H3,(H,21,25)(H,23,24,26). The van der Waals surface area contributed by atoms with E-state index in [0.29, 0.717) is 23.8 Å². The molecule has 0 unspecified atom stereocenters. The number of carbonyl (C=O) groups excluding carboxylic acids is 2. The van der Waals surface area contributed by atoms with Crippen LogP contribution in [0.1, 0.15) is 40.1 Å². The van der Waals surface area contributed by atoms with Gasteiger partial charge in [-0.1, -0.05) is 12.5 Å². The van der Waals surface area contributed by atoms with E-state index in [0.717, 1.165) is 35.4 Å². The molecule has 0 saturated heterocycles. The molecule has 2 rings (SSSR count). The van der Waals surface area contributed by atoms with E-state index in [2.05, 4.69) is 20.9 Å². The van der Waals surface area contributed by atoms with E-state index in [9.17, 15) is 9.59 Å². The number of aryl methyl sites for hydroxylation is 2. The Morgan fingerprint density at radius 3 is 2.70 bits per heavy atom. The maximum Gasteiger partial charge on any atom is 0.257 e. The Labute approximate surface area is 163 Å². The summed E-state index contributed by atoms with van der Waals surface area (Å²) in [6.45, 7) is 5.30. The molecule has 0 bridgehead atoms. The molecule has 146 valence electrons. The first-order chi connectivity index (χ1) is 13.0. The average molecular weight is 390 g/mol. The van der Waals surface area contributed by atoms with Crippen LogP contribution in [0.4, 0.5) is 10.8 Å². The fourth-order valence-electron chi connectivity index (χ4n) is 2.47. The van der Waals surface area contributed by atoms with Gasteiger partial charge in [0.2, 0.25) is 5.91 Å². The minimum absolute atomic E-state index is 0.0763. The van der Waals surface area contributed by atoms with Crippen LogP contribution in [0.2, 0.25) is 0 Å². The zero-order valence-corrected chi connectivity index (χ0v) is 16.6. The van der Waals surface area contributed by atoms with Crippen molar-refractivity contribution < 1.29 is 9.59 Å². The lowest BCUT2D eigenvalue weighted by Gasteiger charge is -2.11. The molecule has 0 aliphatic carbocycles. The Hall–Kier alpha value is -2.45. The van der Waals surface area contributed by atoms with Gasteiger partial charge in [-0.15, -0.1) is 11.3 Å². The number of anilines is 2. The van der Waals surface area contributed by atoms with Crippen LogP contribution in [0.5, 0.6) is 0 Å². The van der Waals surface area contributed by atoms with Gasteiger partial charge in [-0.05, 0) is 50.9 Å². The van der Waals surface area contributed by atoms with Crippen LogP contribution >= 0.6 is 11.3 Å². The smallest absolute Gasteiger partial charge is 0.257 e. The van der Waals surface area contributed by atoms with Crippen molar-refractivity contribution in [1.82, 2.24) is 10.3 Å². The van der Waals surface area contributed by atoms with Crippen molar-refractivity contribution in [3.05, 3.63) is 40.4 Å². The Morgan fingerprint density at radius 2 is 2.00 bits per heavy atom. The third-order valence-corrected chi connectivity index (χ3v) is 4.81. The van der Waals surface area contributed by atoms with Gasteiger partial charge in [0.25, 0.3) is 5.91 Å². The Balaban J connectivity index is 1.86. The molecular weight excluding hydrogens is 362 g/mol. The second-order valence-electron chi connectivity index (χ2n) is 6.31. The third kappa shape index (κ3) is 6.99. The fraction of sp³-hybridized carbons (Fsp3) is 0.421. The second-order valence-corrected chi connectivity index (χ2v) is 7.55. The average Bonchev–Trinajstić information content (AvgIpc) is 3.05. The molecule has 1 aromatic heterocycles. The van der Waals surface area contributed by atoms with Crippen molar-refractivity contribution in [2.75, 3.05) is 30.3 Å². The first kappa shape index (κ1) is 20.9. The normalized spacial score (nSPS) is 10.5. The minimum Gasteiger partial charge on any atom is -0.376 e. The molecule has 0 aliphatic heterocycles. The van der Waals surface area contributed by atoms with Gasteiger partial charge in [0.1, 0.15) is 0 Å². The summed E-state index contributed by atoms with van der Waals surface area (Å²) in [6.07, 6.45) is 4.63. The highest BCUT2D eigenvalue weighted by Crippen LogP contribution is 2.20. The number of unbranched alkanes of at least 4 members (excludes halogenated alkanes) is 2. The van der Waals surface area contributed by atoms with Crippen molar-refractivity contribution >= 4 is 34.0 Å². The highest BCUT2D eigenvalue weighted by molar-refractivity contribution is 7.15. The van der Waals surface area contributed by atoms with Crippen LogP contribution in [0.3, 0.4) is 0 Å². The van der Waals surface area contributed by atoms with Crippen molar-refractivity contribution in [3.63, 3.8) is 0 Å². The van der Waals surface area contributed by atoms with E-state index in [1.165, 1.54) is 11.3 Å². The van der Waals surface area contributed by atoms with Crippen molar-refractivity contribution in [2.24, 2.45) is 5.73 Å². The molecule has 7 nitrogen and oxygen atoms in total. The van der Waals surface area contributed by atoms with E-state index < -0.39 is 0 Å². The molecule has 8 heteroatoms. The number of rotatable bonds is 10. The molecule has 2 amide bonds. The molecule has 0 aliphatic rings. The molecule has 0 fully saturated rings. The van der Waals surface area contributed by atoms with Gasteiger partial charge in [-0.25, -0.2) is 4.98 Å². The zero-order valence-electron chi connectivity index (χ0n) is 15.8. The van der Waals surface area contributed by atoms with Crippen molar-refractivity contribution in [3.8, 4) is 0 Å². The Kier molecular flexibility index (Phi) is 8.22. The lowest BCUT2D eigenvalue weighted by Crippen LogP contribution is -2.30. The van der Waals surface area contributed by atoms with Crippen molar-refractivity contribution in [2.45, 2.75) is 33.1 Å². The van der Waals surface area contributed by atoms with Gasteiger partial charge in [0, 0.05) is 28.9 Å². The molecule has 1 aromatic carbocycles. The van der Waals surface area contributed by atoms with E-state index in [4.69, 9.17) is 5.73 Å². The van der Waals surface area contributed by atoms with Crippen LogP contribution in [-0.2, 0) is 4.79 Å². The summed E-state index contributed by atoms with van der Waals surface area (Å²) in [5.41, 5.74) is 7.57. The molecule has 2 aromatic rings. The Morgan fingerprint density at radius 1 is 1.19 bits per heavy atom. The number of hydrogen-bond acceptors (Lipinski definition) is 6. The monoisotopic (exact) mass is 389 g/mol. The first-order valence-corrected chi connectivity index (χ1v) is 9.86. The number of nitrogens with zero attached hydrogens (tertiary/aromatic N) is 1. The van der Waals surface area contributed by atoms with Crippen LogP contribution in [0.15, 0.2) is 24.4 Å². The van der Waals surface area contributed by atoms with Crippen LogP contribution in [-0.4, -0.2) is 36.4 Å². The lowest BCUT2D eigenvalue weighted by atomic mass is 10.1. The predicted molar refractivity (Wildman–Crippen MR) is 110 cm³/mol. The highest BCUT2D eigenvalue weighted by Gasteiger charge is 2.12. The molecule has 5 N–H and O–H groups in total. The number of amides is 2. The summed E-state index contributed by atoms with van der Waals surface area (Å²) >= 11 is 1.43. The highest BCUT2D eigenvalue weighted by atomic mass is 32.1. The van der Waals surface area contributed by atoms with E-state index in [1.54, 1.807) is 12.3 Å². The third-order valence-electron chi connectivity index (χ3n) is 3.98. The summed E-state index contributed by atoms with van der Waals surface area (Å²) < 4.78 is 0. The lowest BCUT2D eigenvalue weighted by molar-refractivity contribution is -0.119. The van der Waals surface area contributed by atoms with E-state index in [1.807, 2.05) is 26.0 Å². The molecule has 0 saturated carbocycles. The fourth-order valence-corrected chi connectivity index (χ4v) is 3.13. The maximum absolute atomic E-state index is 12.5. The SMILES string of the molecule is Cc1cnc(NC(=O)c2cc(NCC(=O)NCCCCCN)ccc2C)s1. The van der Waals surface area contributed by atoms with Crippen LogP contribution < -0.4 is 21.7 Å². The second kappa shape index (κ2) is 10.6. The van der Waals surface area contributed by atoms with Gasteiger partial charge in [0.05, 0.1) is 6.54 Å². The van der Waals surface area contributed by atoms with Gasteiger partial charge in [-0.2, -0.15) is 0 Å². The number of carbonyl (C=O) groups is 2. The summed E-state index contributed by atoms with van der Waals surface area (Å²) in [5, 5.41) is 9.31. The quantitative estimate of drug-likeness (QED) is 0.467. The molecule has 0 spiro atoms. The molecular formula is C19H27N5O2S. The molecule has 27 heavy (non-hydrogen) atoms. The van der Waals surface area contributed by atoms with Crippen LogP contribution in [0.25, 0.3) is 0 Å². The van der Waals surface area contributed by atoms with Gasteiger partial charge in [-0.3, -0.25) is 14.9 Å². The van der Waals surface area contributed by atoms with Crippen LogP contribution in [0, 0.1) is 13.8 Å². The van der Waals surface area contributed by atoms with Crippen molar-refractivity contribution in [1.29, 1.82) is 0 Å². The minimum atomic E-state index is -0.213. The number of nitrogens with one attached hydrogen (secondary N) is 3. The van der Waals surface area contributed by atoms with Gasteiger partial charge >= 0.3 is 0 Å². The topological polar surface area (TPSA) is 109 Å². The zero-order chi connectivity index (χ0) is 19.6. The molecule has 0 radical (unpaired) electrons. The summed E-state index contributed by atoms with van der Waals surface area (Å²) in [5.74, 6) is -0.289. The number of nitrogens with two attached hydrogens (primary N) is 1. The predicted octanol–water partition coefficient (Wildman–Crippen LogP) is 2.67. The largest absolute Gasteiger partial charge is 0.376 e. The number of thiazole rings is 1. The molecule has 1 heterocycles. The summed E-state index contributed by atoms with van der Waals surface area (Å²) in [6, 6.07) is 5.46. The summed E-state index contributed by atoms with van der Waals surface area (Å²) in [7, 11) is 0. The van der Waals surface area contributed by atoms with Gasteiger partial charge < -0.3 is 16.4 Å². The number of aromatic nitrogens is 1. The van der Waals surface area contributed by atoms with Gasteiger partial charge in [0.15, 0.2) is 5.13 Å². The first-order valence-electron chi connectivity index (χ1n) is 9.04. The summed E-state index contributed by atoms with van der Waals surface area (Å²) in [4.78, 5) is 29.6. The Bertz CT molecular complexity index is 775. The number of benzene rings is 1. The number of hydrogen-bond donors (Lipinski definition) is 4. The van der Waals surface area contributed by atoms with E-state index >= 15 is 0 Å². The maximum atomic E-state index is 12.5.